The van der Waals surface area contributed by atoms with Gasteiger partial charge in [0.2, 0.25) is 5.91 Å². The van der Waals surface area contributed by atoms with Crippen molar-refractivity contribution >= 4 is 27.5 Å². The first-order valence-corrected chi connectivity index (χ1v) is 6.84. The Morgan fingerprint density at radius 3 is 3.15 bits per heavy atom. The number of rotatable bonds is 4. The molecule has 20 heavy (non-hydrogen) atoms. The number of carbonyl (C=O) groups excluding carboxylic acids is 1. The summed E-state index contributed by atoms with van der Waals surface area (Å²) in [7, 11) is 0. The fourth-order valence-electron chi connectivity index (χ4n) is 1.80. The highest BCUT2D eigenvalue weighted by molar-refractivity contribution is 7.17. The van der Waals surface area contributed by atoms with Gasteiger partial charge < -0.3 is 9.73 Å². The highest BCUT2D eigenvalue weighted by atomic mass is 32.1. The molecule has 3 rings (SSSR count). The van der Waals surface area contributed by atoms with E-state index in [9.17, 15) is 9.59 Å². The lowest BCUT2D eigenvalue weighted by Gasteiger charge is -2.05. The molecule has 0 spiro atoms. The number of hydrogen-bond acceptors (Lipinski definition) is 5. The van der Waals surface area contributed by atoms with Crippen LogP contribution in [0.4, 0.5) is 0 Å². The predicted octanol–water partition coefficient (Wildman–Crippen LogP) is 1.37. The number of aromatic nitrogens is 2. The summed E-state index contributed by atoms with van der Waals surface area (Å²) in [6.07, 6.45) is 2.94. The smallest absolute Gasteiger partial charge is 0.271 e. The summed E-state index contributed by atoms with van der Waals surface area (Å²) in [4.78, 5) is 28.0. The van der Waals surface area contributed by atoms with Gasteiger partial charge in [-0.1, -0.05) is 0 Å². The van der Waals surface area contributed by atoms with E-state index in [4.69, 9.17) is 4.42 Å². The quantitative estimate of drug-likeness (QED) is 0.787. The molecule has 0 aliphatic carbocycles. The van der Waals surface area contributed by atoms with Crippen LogP contribution in [0.3, 0.4) is 0 Å². The maximum Gasteiger partial charge on any atom is 0.271 e. The number of furan rings is 1. The number of carbonyl (C=O) groups is 1. The van der Waals surface area contributed by atoms with Gasteiger partial charge in [-0.3, -0.25) is 14.2 Å². The molecule has 3 aromatic heterocycles. The minimum absolute atomic E-state index is 0.0552. The van der Waals surface area contributed by atoms with Crippen molar-refractivity contribution in [2.45, 2.75) is 13.1 Å². The van der Waals surface area contributed by atoms with Gasteiger partial charge >= 0.3 is 0 Å². The fraction of sp³-hybridized carbons (Fsp3) is 0.154. The molecule has 3 aromatic rings. The highest BCUT2D eigenvalue weighted by Gasteiger charge is 2.09. The molecule has 7 heteroatoms. The van der Waals surface area contributed by atoms with Crippen molar-refractivity contribution in [2.24, 2.45) is 0 Å². The lowest BCUT2D eigenvalue weighted by atomic mass is 10.4. The molecule has 0 atom stereocenters. The number of amides is 1. The SMILES string of the molecule is O=C(Cn1cnc2ccsc2c1=O)NCc1ccco1. The molecule has 0 fully saturated rings. The van der Waals surface area contributed by atoms with Crippen LogP contribution in [-0.4, -0.2) is 15.5 Å². The van der Waals surface area contributed by atoms with Crippen LogP contribution in [0, 0.1) is 0 Å². The Balaban J connectivity index is 1.71. The third-order valence-electron chi connectivity index (χ3n) is 2.79. The summed E-state index contributed by atoms with van der Waals surface area (Å²) < 4.78 is 6.97. The molecule has 0 unspecified atom stereocenters. The molecular weight excluding hydrogens is 278 g/mol. The zero-order valence-corrected chi connectivity index (χ0v) is 11.2. The minimum atomic E-state index is -0.263. The van der Waals surface area contributed by atoms with Crippen LogP contribution in [0.5, 0.6) is 0 Å². The number of hydrogen-bond donors (Lipinski definition) is 1. The van der Waals surface area contributed by atoms with E-state index in [2.05, 4.69) is 10.3 Å². The second-order valence-corrected chi connectivity index (χ2v) is 5.08. The molecule has 0 aromatic carbocycles. The molecule has 6 nitrogen and oxygen atoms in total. The van der Waals surface area contributed by atoms with E-state index < -0.39 is 0 Å². The van der Waals surface area contributed by atoms with Crippen molar-refractivity contribution < 1.29 is 9.21 Å². The molecule has 102 valence electrons. The topological polar surface area (TPSA) is 77.1 Å². The van der Waals surface area contributed by atoms with Crippen LogP contribution < -0.4 is 10.9 Å². The van der Waals surface area contributed by atoms with Crippen molar-refractivity contribution in [3.63, 3.8) is 0 Å². The van der Waals surface area contributed by atoms with Gasteiger partial charge in [-0.2, -0.15) is 0 Å². The highest BCUT2D eigenvalue weighted by Crippen LogP contribution is 2.12. The van der Waals surface area contributed by atoms with E-state index in [1.54, 1.807) is 29.8 Å². The van der Waals surface area contributed by atoms with E-state index in [-0.39, 0.29) is 18.0 Å². The Morgan fingerprint density at radius 2 is 2.35 bits per heavy atom. The maximum atomic E-state index is 12.1. The van der Waals surface area contributed by atoms with E-state index in [1.165, 1.54) is 22.2 Å². The van der Waals surface area contributed by atoms with Crippen molar-refractivity contribution in [3.8, 4) is 0 Å². The Kier molecular flexibility index (Phi) is 3.34. The van der Waals surface area contributed by atoms with Crippen LogP contribution in [0.25, 0.3) is 10.2 Å². The summed E-state index contributed by atoms with van der Waals surface area (Å²) in [5, 5.41) is 4.49. The summed E-state index contributed by atoms with van der Waals surface area (Å²) in [6, 6.07) is 5.30. The Bertz CT molecular complexity index is 789. The third kappa shape index (κ3) is 2.48. The Hall–Kier alpha value is -2.41. The Labute approximate surface area is 117 Å². The molecule has 0 saturated heterocycles. The van der Waals surface area contributed by atoms with Gasteiger partial charge in [-0.05, 0) is 23.6 Å². The van der Waals surface area contributed by atoms with E-state index in [1.807, 2.05) is 0 Å². The van der Waals surface area contributed by atoms with Crippen LogP contribution in [0.15, 0.2) is 45.4 Å². The molecular formula is C13H11N3O3S. The van der Waals surface area contributed by atoms with Crippen LogP contribution in [0.1, 0.15) is 5.76 Å². The number of nitrogens with one attached hydrogen (secondary N) is 1. The average molecular weight is 289 g/mol. The first kappa shape index (κ1) is 12.6. The molecule has 0 saturated carbocycles. The fourth-order valence-corrected chi connectivity index (χ4v) is 2.59. The summed E-state index contributed by atoms with van der Waals surface area (Å²) in [5.41, 5.74) is 0.463. The van der Waals surface area contributed by atoms with E-state index in [0.29, 0.717) is 22.5 Å². The van der Waals surface area contributed by atoms with Crippen molar-refractivity contribution in [1.82, 2.24) is 14.9 Å². The normalized spacial score (nSPS) is 10.8. The molecule has 3 heterocycles. The van der Waals surface area contributed by atoms with Gasteiger partial charge in [-0.15, -0.1) is 11.3 Å². The Morgan fingerprint density at radius 1 is 1.45 bits per heavy atom. The lowest BCUT2D eigenvalue weighted by molar-refractivity contribution is -0.121. The molecule has 0 aliphatic rings. The van der Waals surface area contributed by atoms with Gasteiger partial charge in [0.1, 0.15) is 17.0 Å². The third-order valence-corrected chi connectivity index (χ3v) is 3.68. The van der Waals surface area contributed by atoms with Gasteiger partial charge in [0.15, 0.2) is 0 Å². The van der Waals surface area contributed by atoms with Gasteiger partial charge in [-0.25, -0.2) is 4.98 Å². The number of nitrogens with zero attached hydrogens (tertiary/aromatic N) is 2. The van der Waals surface area contributed by atoms with Gasteiger partial charge in [0, 0.05) is 0 Å². The molecule has 1 amide bonds. The second kappa shape index (κ2) is 5.30. The zero-order chi connectivity index (χ0) is 13.9. The average Bonchev–Trinajstić information content (AvgIpc) is 3.10. The maximum absolute atomic E-state index is 12.1. The predicted molar refractivity (Wildman–Crippen MR) is 74.4 cm³/mol. The van der Waals surface area contributed by atoms with Crippen LogP contribution >= 0.6 is 11.3 Å². The van der Waals surface area contributed by atoms with Gasteiger partial charge in [0.05, 0.1) is 24.7 Å². The van der Waals surface area contributed by atoms with Crippen LogP contribution in [0.2, 0.25) is 0 Å². The molecule has 0 aliphatic heterocycles. The summed E-state index contributed by atoms with van der Waals surface area (Å²) >= 11 is 1.32. The van der Waals surface area contributed by atoms with Crippen molar-refractivity contribution in [3.05, 3.63) is 52.3 Å². The van der Waals surface area contributed by atoms with Crippen molar-refractivity contribution in [1.29, 1.82) is 0 Å². The minimum Gasteiger partial charge on any atom is -0.467 e. The molecule has 1 N–H and O–H groups in total. The zero-order valence-electron chi connectivity index (χ0n) is 10.4. The monoisotopic (exact) mass is 289 g/mol. The molecule has 0 bridgehead atoms. The lowest BCUT2D eigenvalue weighted by Crippen LogP contribution is -2.31. The largest absolute Gasteiger partial charge is 0.467 e. The second-order valence-electron chi connectivity index (χ2n) is 4.17. The molecule has 0 radical (unpaired) electrons. The van der Waals surface area contributed by atoms with E-state index in [0.717, 1.165) is 0 Å². The standard InChI is InChI=1S/C13H11N3O3S/c17-11(14-6-9-2-1-4-19-9)7-16-8-15-10-3-5-20-12(10)13(16)18/h1-5,8H,6-7H2,(H,14,17). The number of fused-ring (bicyclic) bond motifs is 1. The first-order chi connectivity index (χ1) is 9.74. The van der Waals surface area contributed by atoms with E-state index >= 15 is 0 Å². The van der Waals surface area contributed by atoms with Crippen molar-refractivity contribution in [2.75, 3.05) is 0 Å². The summed E-state index contributed by atoms with van der Waals surface area (Å²) in [5.74, 6) is 0.402. The van der Waals surface area contributed by atoms with Gasteiger partial charge in [0.25, 0.3) is 5.56 Å². The number of thiophene rings is 1. The first-order valence-electron chi connectivity index (χ1n) is 5.96. The van der Waals surface area contributed by atoms with Crippen LogP contribution in [-0.2, 0) is 17.9 Å². The summed E-state index contributed by atoms with van der Waals surface area (Å²) in [6.45, 7) is 0.246.